The molecule has 0 fully saturated rings. The van der Waals surface area contributed by atoms with E-state index in [2.05, 4.69) is 0 Å². The molecule has 0 unspecified atom stereocenters. The minimum absolute atomic E-state index is 0. The van der Waals surface area contributed by atoms with Gasteiger partial charge in [0, 0.05) is 0 Å². The summed E-state index contributed by atoms with van der Waals surface area (Å²) in [5.41, 5.74) is 0. The van der Waals surface area contributed by atoms with Crippen LogP contribution in [0.2, 0.25) is 0 Å². The van der Waals surface area contributed by atoms with E-state index in [1.54, 1.807) is 0 Å². The molecule has 0 rings (SSSR count). The molecule has 0 aliphatic carbocycles. The van der Waals surface area contributed by atoms with Crippen molar-refractivity contribution in [1.82, 2.24) is 0 Å². The molecular formula is C4H11NO2. The number of quaternary nitrogens is 1. The number of hydrogen-bond donors (Lipinski definition) is 0. The van der Waals surface area contributed by atoms with E-state index in [0.717, 1.165) is 6.41 Å². The fourth-order valence-electron chi connectivity index (χ4n) is 0. The molecule has 0 aliphatic rings. The van der Waals surface area contributed by atoms with Crippen LogP contribution in [-0.2, 0) is 4.79 Å². The van der Waals surface area contributed by atoms with Gasteiger partial charge in [0.05, 0.1) is 21.1 Å². The highest BCUT2D eigenvalue weighted by Crippen LogP contribution is 1.76. The Balaban J connectivity index is 0. The summed E-state index contributed by atoms with van der Waals surface area (Å²) in [4.78, 5) is 9.80. The maximum atomic E-state index is 9.80. The van der Waals surface area contributed by atoms with E-state index in [9.17, 15) is 4.79 Å². The highest BCUT2D eigenvalue weighted by molar-refractivity contribution is 5.35. The van der Waals surface area contributed by atoms with E-state index >= 15 is 0 Å². The van der Waals surface area contributed by atoms with Crippen molar-refractivity contribution in [1.29, 1.82) is 0 Å². The third-order valence-electron chi connectivity index (χ3n) is 0.316. The second-order valence-corrected chi connectivity index (χ2v) is 2.22. The molecule has 0 heterocycles. The van der Waals surface area contributed by atoms with Crippen molar-refractivity contribution in [3.8, 4) is 0 Å². The summed E-state index contributed by atoms with van der Waals surface area (Å²) in [6.07, 6.45) is 0.875. The van der Waals surface area contributed by atoms with Crippen molar-refractivity contribution >= 4 is 6.41 Å². The first kappa shape index (κ1) is 9.77. The van der Waals surface area contributed by atoms with Crippen LogP contribution in [0.25, 0.3) is 0 Å². The molecule has 0 aromatic heterocycles. The first-order valence-corrected chi connectivity index (χ1v) is 1.84. The van der Waals surface area contributed by atoms with Crippen molar-refractivity contribution in [2.75, 3.05) is 21.1 Å². The Morgan fingerprint density at radius 1 is 1.29 bits per heavy atom. The zero-order valence-electron chi connectivity index (χ0n) is 4.88. The zero-order chi connectivity index (χ0) is 5.21. The summed E-state index contributed by atoms with van der Waals surface area (Å²) in [6, 6.07) is 0. The number of carbonyl (C=O) groups excluding carboxylic acids is 1. The van der Waals surface area contributed by atoms with Crippen LogP contribution in [0.15, 0.2) is 0 Å². The fourth-order valence-corrected chi connectivity index (χ4v) is 0. The average molecular weight is 105 g/mol. The van der Waals surface area contributed by atoms with Crippen LogP contribution >= 0.6 is 0 Å². The van der Waals surface area contributed by atoms with Crippen LogP contribution in [-0.4, -0.2) is 37.5 Å². The molecule has 3 heteroatoms. The molecule has 1 N–H and O–H groups in total. The van der Waals surface area contributed by atoms with Crippen molar-refractivity contribution in [3.63, 3.8) is 0 Å². The number of amides is 1. The molecule has 0 aromatic carbocycles. The van der Waals surface area contributed by atoms with Crippen LogP contribution < -0.4 is 0 Å². The molecule has 0 aliphatic heterocycles. The Morgan fingerprint density at radius 3 is 1.43 bits per heavy atom. The Labute approximate surface area is 43.4 Å². The molecule has 0 saturated carbocycles. The van der Waals surface area contributed by atoms with Gasteiger partial charge in [0.1, 0.15) is 0 Å². The van der Waals surface area contributed by atoms with Crippen molar-refractivity contribution < 1.29 is 14.8 Å². The molecule has 3 nitrogen and oxygen atoms in total. The minimum Gasteiger partial charge on any atom is -0.870 e. The summed E-state index contributed by atoms with van der Waals surface area (Å²) in [7, 11) is 5.44. The smallest absolute Gasteiger partial charge is 0.300 e. The van der Waals surface area contributed by atoms with Gasteiger partial charge in [0.15, 0.2) is 0 Å². The van der Waals surface area contributed by atoms with Crippen molar-refractivity contribution in [3.05, 3.63) is 0 Å². The predicted octanol–water partition coefficient (Wildman–Crippen LogP) is -0.328. The van der Waals surface area contributed by atoms with Gasteiger partial charge in [-0.3, -0.25) is 4.48 Å². The van der Waals surface area contributed by atoms with E-state index in [4.69, 9.17) is 0 Å². The van der Waals surface area contributed by atoms with Crippen LogP contribution in [0.4, 0.5) is 0 Å². The van der Waals surface area contributed by atoms with E-state index in [0.29, 0.717) is 4.48 Å². The number of rotatable bonds is 1. The summed E-state index contributed by atoms with van der Waals surface area (Å²) < 4.78 is 0.389. The summed E-state index contributed by atoms with van der Waals surface area (Å²) >= 11 is 0. The van der Waals surface area contributed by atoms with Crippen LogP contribution in [0.1, 0.15) is 0 Å². The third-order valence-corrected chi connectivity index (χ3v) is 0.316. The van der Waals surface area contributed by atoms with Gasteiger partial charge in [0.25, 0.3) is 0 Å². The second-order valence-electron chi connectivity index (χ2n) is 2.22. The molecule has 0 bridgehead atoms. The number of hydrogen-bond acceptors (Lipinski definition) is 2. The summed E-state index contributed by atoms with van der Waals surface area (Å²) in [5, 5.41) is 0. The topological polar surface area (TPSA) is 47.1 Å². The first-order valence-electron chi connectivity index (χ1n) is 1.84. The molecule has 1 amide bonds. The zero-order valence-corrected chi connectivity index (χ0v) is 4.88. The quantitative estimate of drug-likeness (QED) is 0.338. The number of carbonyl (C=O) groups is 1. The molecule has 0 saturated heterocycles. The van der Waals surface area contributed by atoms with Gasteiger partial charge >= 0.3 is 6.41 Å². The van der Waals surface area contributed by atoms with Gasteiger partial charge in [0.2, 0.25) is 0 Å². The normalized spacial score (nSPS) is 9.57. The molecule has 0 spiro atoms. The first-order chi connectivity index (χ1) is 2.56. The van der Waals surface area contributed by atoms with E-state index in [1.807, 2.05) is 21.1 Å². The Bertz CT molecular complexity index is 55.2. The van der Waals surface area contributed by atoms with Gasteiger partial charge in [-0.05, 0) is 0 Å². The standard InChI is InChI=1S/C4H10NO.H2O/c1-5(2,3)4-6;/h4H,1-3H3;1H2/q+1;/p-1. The van der Waals surface area contributed by atoms with Gasteiger partial charge in [-0.2, -0.15) is 0 Å². The lowest BCUT2D eigenvalue weighted by Gasteiger charge is -2.11. The molecule has 44 valence electrons. The molecular weight excluding hydrogens is 94.0 g/mol. The Kier molecular flexibility index (Phi) is 3.79. The van der Waals surface area contributed by atoms with E-state index in [1.165, 1.54) is 0 Å². The van der Waals surface area contributed by atoms with Crippen molar-refractivity contribution in [2.24, 2.45) is 0 Å². The van der Waals surface area contributed by atoms with Gasteiger partial charge in [-0.15, -0.1) is 0 Å². The van der Waals surface area contributed by atoms with Crippen LogP contribution in [0.3, 0.4) is 0 Å². The minimum atomic E-state index is 0. The molecule has 0 radical (unpaired) electrons. The van der Waals surface area contributed by atoms with Gasteiger partial charge in [-0.25, -0.2) is 4.79 Å². The maximum Gasteiger partial charge on any atom is 0.300 e. The van der Waals surface area contributed by atoms with Crippen molar-refractivity contribution in [2.45, 2.75) is 0 Å². The highest BCUT2D eigenvalue weighted by atomic mass is 16.1. The third kappa shape index (κ3) is 10.7. The maximum absolute atomic E-state index is 9.80. The largest absolute Gasteiger partial charge is 0.870 e. The Morgan fingerprint density at radius 2 is 1.43 bits per heavy atom. The van der Waals surface area contributed by atoms with Gasteiger partial charge < -0.3 is 5.48 Å². The number of nitrogens with zero attached hydrogens (tertiary/aromatic N) is 1. The molecule has 0 atom stereocenters. The van der Waals surface area contributed by atoms with E-state index in [-0.39, 0.29) is 5.48 Å². The lowest BCUT2D eigenvalue weighted by atomic mass is 10.8. The summed E-state index contributed by atoms with van der Waals surface area (Å²) in [6.45, 7) is 0. The Hall–Kier alpha value is -0.410. The van der Waals surface area contributed by atoms with Crippen LogP contribution in [0.5, 0.6) is 0 Å². The second kappa shape index (κ2) is 2.71. The highest BCUT2D eigenvalue weighted by Gasteiger charge is 1.99. The molecule has 0 aromatic rings. The van der Waals surface area contributed by atoms with E-state index < -0.39 is 0 Å². The summed E-state index contributed by atoms with van der Waals surface area (Å²) in [5.74, 6) is 0. The lowest BCUT2D eigenvalue weighted by Crippen LogP contribution is -2.31. The predicted molar refractivity (Wildman–Crippen MR) is 26.0 cm³/mol. The average Bonchev–Trinajstić information content (AvgIpc) is 1.35. The van der Waals surface area contributed by atoms with Crippen LogP contribution in [0, 0.1) is 0 Å². The fraction of sp³-hybridized carbons (Fsp3) is 0.750. The molecule has 7 heavy (non-hydrogen) atoms. The monoisotopic (exact) mass is 105 g/mol. The SMILES string of the molecule is C[N+](C)(C)C=O.[OH-]. The lowest BCUT2D eigenvalue weighted by molar-refractivity contribution is -0.782. The van der Waals surface area contributed by atoms with Gasteiger partial charge in [-0.1, -0.05) is 0 Å².